The lowest BCUT2D eigenvalue weighted by Gasteiger charge is -2.31. The summed E-state index contributed by atoms with van der Waals surface area (Å²) in [4.78, 5) is 12.5. The van der Waals surface area contributed by atoms with E-state index in [0.29, 0.717) is 12.5 Å². The van der Waals surface area contributed by atoms with Crippen molar-refractivity contribution >= 4 is 5.97 Å². The molecular formula is C10H19NO3. The molecule has 1 saturated heterocycles. The Morgan fingerprint density at radius 3 is 2.50 bits per heavy atom. The zero-order valence-corrected chi connectivity index (χ0v) is 8.48. The first-order chi connectivity index (χ1) is 6.72. The third-order valence-corrected chi connectivity index (χ3v) is 2.89. The van der Waals surface area contributed by atoms with E-state index in [1.807, 2.05) is 0 Å². The largest absolute Gasteiger partial charge is 0.481 e. The van der Waals surface area contributed by atoms with E-state index in [1.165, 1.54) is 0 Å². The zero-order valence-electron chi connectivity index (χ0n) is 8.48. The van der Waals surface area contributed by atoms with E-state index >= 15 is 0 Å². The molecule has 0 unspecified atom stereocenters. The minimum atomic E-state index is -0.720. The topological polar surface area (TPSA) is 60.8 Å². The van der Waals surface area contributed by atoms with E-state index in [0.717, 1.165) is 32.4 Å². The molecule has 4 nitrogen and oxygen atoms in total. The maximum absolute atomic E-state index is 10.3. The van der Waals surface area contributed by atoms with Gasteiger partial charge in [-0.15, -0.1) is 0 Å². The van der Waals surface area contributed by atoms with Gasteiger partial charge in [0.1, 0.15) is 0 Å². The molecule has 2 N–H and O–H groups in total. The molecule has 1 heterocycles. The summed E-state index contributed by atoms with van der Waals surface area (Å²) in [6.45, 7) is 2.91. The summed E-state index contributed by atoms with van der Waals surface area (Å²) in [5.74, 6) is -0.0800. The number of hydrogen-bond acceptors (Lipinski definition) is 3. The molecule has 0 aromatic rings. The van der Waals surface area contributed by atoms with Crippen LogP contribution in [0.3, 0.4) is 0 Å². The number of carbonyl (C=O) groups is 1. The van der Waals surface area contributed by atoms with Crippen molar-refractivity contribution < 1.29 is 15.0 Å². The van der Waals surface area contributed by atoms with Gasteiger partial charge in [-0.1, -0.05) is 0 Å². The van der Waals surface area contributed by atoms with E-state index in [-0.39, 0.29) is 13.0 Å². The number of rotatable bonds is 5. The van der Waals surface area contributed by atoms with Crippen molar-refractivity contribution in [3.05, 3.63) is 0 Å². The van der Waals surface area contributed by atoms with Crippen LogP contribution in [0.25, 0.3) is 0 Å². The molecule has 0 amide bonds. The van der Waals surface area contributed by atoms with Crippen LogP contribution in [-0.2, 0) is 4.79 Å². The second-order valence-electron chi connectivity index (χ2n) is 3.94. The summed E-state index contributed by atoms with van der Waals surface area (Å²) in [5, 5.41) is 17.3. The van der Waals surface area contributed by atoms with Crippen LogP contribution in [0.4, 0.5) is 0 Å². The fourth-order valence-corrected chi connectivity index (χ4v) is 1.94. The van der Waals surface area contributed by atoms with Gasteiger partial charge < -0.3 is 15.1 Å². The highest BCUT2D eigenvalue weighted by atomic mass is 16.4. The fourth-order valence-electron chi connectivity index (χ4n) is 1.94. The normalized spacial score (nSPS) is 19.8. The quantitative estimate of drug-likeness (QED) is 0.682. The summed E-state index contributed by atoms with van der Waals surface area (Å²) >= 11 is 0. The van der Waals surface area contributed by atoms with Crippen LogP contribution >= 0.6 is 0 Å². The molecule has 0 aromatic heterocycles. The molecule has 0 aromatic carbocycles. The number of carboxylic acids is 1. The predicted molar refractivity (Wildman–Crippen MR) is 53.1 cm³/mol. The number of piperidine rings is 1. The van der Waals surface area contributed by atoms with Crippen molar-refractivity contribution in [2.24, 2.45) is 5.92 Å². The number of aliphatic carboxylic acids is 1. The zero-order chi connectivity index (χ0) is 10.4. The third kappa shape index (κ3) is 4.07. The first kappa shape index (κ1) is 11.5. The smallest absolute Gasteiger partial charge is 0.304 e. The Bertz CT molecular complexity index is 176. The molecule has 0 spiro atoms. The van der Waals surface area contributed by atoms with Crippen molar-refractivity contribution in [1.29, 1.82) is 0 Å². The maximum atomic E-state index is 10.3. The van der Waals surface area contributed by atoms with Gasteiger partial charge in [-0.25, -0.2) is 0 Å². The molecule has 1 rings (SSSR count). The number of nitrogens with zero attached hydrogens (tertiary/aromatic N) is 1. The minimum Gasteiger partial charge on any atom is -0.481 e. The molecule has 0 aliphatic carbocycles. The van der Waals surface area contributed by atoms with Gasteiger partial charge in [-0.2, -0.15) is 0 Å². The average molecular weight is 201 g/mol. The Labute approximate surface area is 84.5 Å². The molecule has 14 heavy (non-hydrogen) atoms. The van der Waals surface area contributed by atoms with Gasteiger partial charge in [0.25, 0.3) is 0 Å². The van der Waals surface area contributed by atoms with Crippen LogP contribution in [0.15, 0.2) is 0 Å². The second kappa shape index (κ2) is 5.98. The highest BCUT2D eigenvalue weighted by Crippen LogP contribution is 2.19. The molecule has 0 bridgehead atoms. The third-order valence-electron chi connectivity index (χ3n) is 2.89. The Balaban J connectivity index is 2.12. The van der Waals surface area contributed by atoms with Gasteiger partial charge in [0.05, 0.1) is 6.42 Å². The predicted octanol–water partition coefficient (Wildman–Crippen LogP) is 0.555. The second-order valence-corrected chi connectivity index (χ2v) is 3.94. The van der Waals surface area contributed by atoms with Crippen molar-refractivity contribution in [1.82, 2.24) is 4.90 Å². The van der Waals surface area contributed by atoms with E-state index in [1.54, 1.807) is 0 Å². The summed E-state index contributed by atoms with van der Waals surface area (Å²) in [5.41, 5.74) is 0. The fraction of sp³-hybridized carbons (Fsp3) is 0.900. The first-order valence-electron chi connectivity index (χ1n) is 5.27. The molecule has 0 radical (unpaired) electrons. The Hall–Kier alpha value is -0.610. The van der Waals surface area contributed by atoms with Crippen molar-refractivity contribution in [3.8, 4) is 0 Å². The van der Waals surface area contributed by atoms with Crippen molar-refractivity contribution in [3.63, 3.8) is 0 Å². The monoisotopic (exact) mass is 201 g/mol. The molecule has 1 aliphatic rings. The van der Waals surface area contributed by atoms with Crippen LogP contribution in [-0.4, -0.2) is 47.3 Å². The van der Waals surface area contributed by atoms with Crippen LogP contribution in [0.1, 0.15) is 25.7 Å². The number of aliphatic hydroxyl groups is 1. The lowest BCUT2D eigenvalue weighted by atomic mass is 9.94. The molecule has 82 valence electrons. The summed E-state index contributed by atoms with van der Waals surface area (Å²) < 4.78 is 0. The summed E-state index contributed by atoms with van der Waals surface area (Å²) in [6, 6.07) is 0. The Morgan fingerprint density at radius 1 is 1.36 bits per heavy atom. The lowest BCUT2D eigenvalue weighted by molar-refractivity contribution is -0.137. The first-order valence-corrected chi connectivity index (χ1v) is 5.27. The number of carboxylic acid groups (broad SMARTS) is 1. The van der Waals surface area contributed by atoms with Crippen LogP contribution < -0.4 is 0 Å². The van der Waals surface area contributed by atoms with Crippen molar-refractivity contribution in [2.45, 2.75) is 25.7 Å². The maximum Gasteiger partial charge on any atom is 0.304 e. The van der Waals surface area contributed by atoms with E-state index in [4.69, 9.17) is 10.2 Å². The van der Waals surface area contributed by atoms with E-state index < -0.39 is 5.97 Å². The highest BCUT2D eigenvalue weighted by Gasteiger charge is 2.18. The SMILES string of the molecule is O=C(O)CCN1CCC(CCO)CC1. The standard InChI is InChI=1S/C10H19NO3/c12-8-4-9-1-5-11(6-2-9)7-3-10(13)14/h9,12H,1-8H2,(H,13,14). The summed E-state index contributed by atoms with van der Waals surface area (Å²) in [6.07, 6.45) is 3.33. The minimum absolute atomic E-state index is 0.241. The average Bonchev–Trinajstić information content (AvgIpc) is 2.17. The summed E-state index contributed by atoms with van der Waals surface area (Å²) in [7, 11) is 0. The van der Waals surface area contributed by atoms with Crippen LogP contribution in [0, 0.1) is 5.92 Å². The van der Waals surface area contributed by atoms with E-state index in [9.17, 15) is 4.79 Å². The molecular weight excluding hydrogens is 182 g/mol. The molecule has 0 atom stereocenters. The van der Waals surface area contributed by atoms with Gasteiger partial charge in [-0.05, 0) is 38.3 Å². The number of aliphatic hydroxyl groups excluding tert-OH is 1. The Morgan fingerprint density at radius 2 is 2.00 bits per heavy atom. The van der Waals surface area contributed by atoms with Gasteiger partial charge >= 0.3 is 5.97 Å². The van der Waals surface area contributed by atoms with Gasteiger partial charge in [-0.3, -0.25) is 4.79 Å². The molecule has 1 aliphatic heterocycles. The highest BCUT2D eigenvalue weighted by molar-refractivity contribution is 5.66. The van der Waals surface area contributed by atoms with Crippen LogP contribution in [0.2, 0.25) is 0 Å². The Kier molecular flexibility index (Phi) is 4.90. The van der Waals surface area contributed by atoms with Crippen molar-refractivity contribution in [2.75, 3.05) is 26.2 Å². The van der Waals surface area contributed by atoms with Gasteiger partial charge in [0, 0.05) is 13.2 Å². The molecule has 4 heteroatoms. The molecule has 0 saturated carbocycles. The van der Waals surface area contributed by atoms with Crippen LogP contribution in [0.5, 0.6) is 0 Å². The van der Waals surface area contributed by atoms with E-state index in [2.05, 4.69) is 4.90 Å². The van der Waals surface area contributed by atoms with Gasteiger partial charge in [0.15, 0.2) is 0 Å². The molecule has 1 fully saturated rings. The number of likely N-dealkylation sites (tertiary alicyclic amines) is 1. The lowest BCUT2D eigenvalue weighted by Crippen LogP contribution is -2.35. The number of hydrogen-bond donors (Lipinski definition) is 2. The van der Waals surface area contributed by atoms with Gasteiger partial charge in [0.2, 0.25) is 0 Å².